The molecule has 0 fully saturated rings. The van der Waals surface area contributed by atoms with Gasteiger partial charge < -0.3 is 0 Å². The van der Waals surface area contributed by atoms with Crippen LogP contribution < -0.4 is 0 Å². The molecule has 1 aromatic carbocycles. The number of rotatable bonds is 5. The molecule has 6 heteroatoms. The molecule has 0 saturated carbocycles. The second-order valence-electron chi connectivity index (χ2n) is 5.48. The van der Waals surface area contributed by atoms with Crippen molar-refractivity contribution in [2.75, 3.05) is 12.0 Å². The van der Waals surface area contributed by atoms with E-state index in [0.29, 0.717) is 0 Å². The smallest absolute Gasteiger partial charge is 0.199 e. The van der Waals surface area contributed by atoms with Gasteiger partial charge in [-0.05, 0) is 24.4 Å². The standard InChI is InChI=1S/C12H21NO2S2Si/c1-16(10-11-18(2,3)4)13-17(14,15)12-8-6-5-7-9-12/h5-9H,10-11H2,1-4H3. The predicted molar refractivity (Wildman–Crippen MR) is 82.4 cm³/mol. The highest BCUT2D eigenvalue weighted by molar-refractivity contribution is 7.99. The lowest BCUT2D eigenvalue weighted by Gasteiger charge is -2.15. The second kappa shape index (κ2) is 6.12. The highest BCUT2D eigenvalue weighted by atomic mass is 32.3. The molecule has 0 spiro atoms. The van der Waals surface area contributed by atoms with Gasteiger partial charge in [0.05, 0.1) is 4.90 Å². The molecule has 0 radical (unpaired) electrons. The van der Waals surface area contributed by atoms with E-state index in [1.807, 2.05) is 6.26 Å². The zero-order valence-corrected chi connectivity index (χ0v) is 14.0. The third-order valence-electron chi connectivity index (χ3n) is 2.41. The molecule has 0 aliphatic heterocycles. The Morgan fingerprint density at radius 2 is 1.72 bits per heavy atom. The molecule has 0 saturated heterocycles. The summed E-state index contributed by atoms with van der Waals surface area (Å²) in [6.07, 6.45) is 1.90. The minimum Gasteiger partial charge on any atom is -0.199 e. The largest absolute Gasteiger partial charge is 0.287 e. The van der Waals surface area contributed by atoms with Crippen molar-refractivity contribution in [2.45, 2.75) is 30.6 Å². The van der Waals surface area contributed by atoms with E-state index in [-0.39, 0.29) is 4.90 Å². The zero-order valence-electron chi connectivity index (χ0n) is 11.4. The van der Waals surface area contributed by atoms with Gasteiger partial charge in [-0.25, -0.2) is 0 Å². The van der Waals surface area contributed by atoms with E-state index in [4.69, 9.17) is 0 Å². The molecular weight excluding hydrogens is 282 g/mol. The molecule has 1 atom stereocenters. The normalized spacial score (nSPS) is 14.7. The monoisotopic (exact) mass is 303 g/mol. The molecule has 0 bridgehead atoms. The summed E-state index contributed by atoms with van der Waals surface area (Å²) in [6.45, 7) is 6.86. The highest BCUT2D eigenvalue weighted by Gasteiger charge is 2.15. The lowest BCUT2D eigenvalue weighted by molar-refractivity contribution is 0.598. The van der Waals surface area contributed by atoms with Crippen LogP contribution in [0.3, 0.4) is 0 Å². The van der Waals surface area contributed by atoms with Crippen molar-refractivity contribution in [2.24, 2.45) is 3.77 Å². The highest BCUT2D eigenvalue weighted by Crippen LogP contribution is 2.14. The van der Waals surface area contributed by atoms with Crippen LogP contribution >= 0.6 is 0 Å². The van der Waals surface area contributed by atoms with E-state index >= 15 is 0 Å². The van der Waals surface area contributed by atoms with Crippen LogP contribution in [-0.2, 0) is 20.7 Å². The average Bonchev–Trinajstić information content (AvgIpc) is 2.26. The Kier molecular flexibility index (Phi) is 5.30. The fourth-order valence-corrected chi connectivity index (χ4v) is 7.41. The van der Waals surface area contributed by atoms with Crippen molar-refractivity contribution < 1.29 is 8.42 Å². The molecule has 1 aromatic rings. The molecule has 0 aromatic heterocycles. The average molecular weight is 304 g/mol. The molecule has 1 rings (SSSR count). The molecule has 0 heterocycles. The summed E-state index contributed by atoms with van der Waals surface area (Å²) >= 11 is 0. The first-order valence-electron chi connectivity index (χ1n) is 5.86. The summed E-state index contributed by atoms with van der Waals surface area (Å²) in [5.41, 5.74) is 0. The first-order chi connectivity index (χ1) is 8.21. The fourth-order valence-electron chi connectivity index (χ4n) is 1.29. The summed E-state index contributed by atoms with van der Waals surface area (Å²) in [6, 6.07) is 9.54. The first kappa shape index (κ1) is 15.6. The Morgan fingerprint density at radius 3 is 2.22 bits per heavy atom. The molecule has 0 aliphatic carbocycles. The SMILES string of the molecule is C/S(CC[Si](C)(C)C)=N\S(=O)(=O)c1ccccc1. The van der Waals surface area contributed by atoms with E-state index in [2.05, 4.69) is 23.4 Å². The van der Waals surface area contributed by atoms with Crippen molar-refractivity contribution in [1.29, 1.82) is 0 Å². The van der Waals surface area contributed by atoms with Gasteiger partial charge in [-0.15, -0.1) is 3.77 Å². The van der Waals surface area contributed by atoms with Gasteiger partial charge in [0, 0.05) is 13.8 Å². The Balaban J connectivity index is 2.82. The van der Waals surface area contributed by atoms with Gasteiger partial charge in [-0.1, -0.05) is 48.5 Å². The van der Waals surface area contributed by atoms with Crippen molar-refractivity contribution in [3.63, 3.8) is 0 Å². The Bertz CT molecular complexity index is 519. The lowest BCUT2D eigenvalue weighted by atomic mass is 10.4. The number of benzene rings is 1. The summed E-state index contributed by atoms with van der Waals surface area (Å²) in [4.78, 5) is 0.289. The van der Waals surface area contributed by atoms with E-state index in [9.17, 15) is 8.42 Å². The molecule has 0 amide bonds. The third-order valence-corrected chi connectivity index (χ3v) is 7.99. The van der Waals surface area contributed by atoms with Gasteiger partial charge in [0.2, 0.25) is 0 Å². The Morgan fingerprint density at radius 1 is 1.17 bits per heavy atom. The van der Waals surface area contributed by atoms with Gasteiger partial charge in [0.1, 0.15) is 0 Å². The van der Waals surface area contributed by atoms with Crippen LogP contribution in [0.2, 0.25) is 25.7 Å². The van der Waals surface area contributed by atoms with Gasteiger partial charge >= 0.3 is 0 Å². The first-order valence-corrected chi connectivity index (χ1v) is 12.8. The van der Waals surface area contributed by atoms with Gasteiger partial charge in [-0.2, -0.15) is 8.42 Å². The molecule has 0 aliphatic rings. The molecule has 3 nitrogen and oxygen atoms in total. The summed E-state index contributed by atoms with van der Waals surface area (Å²) in [7, 11) is -5.01. The molecule has 102 valence electrons. The summed E-state index contributed by atoms with van der Waals surface area (Å²) in [5.74, 6) is 0.877. The maximum absolute atomic E-state index is 12.0. The molecular formula is C12H21NO2S2Si. The maximum Gasteiger partial charge on any atom is 0.287 e. The van der Waals surface area contributed by atoms with E-state index in [1.165, 1.54) is 0 Å². The molecule has 18 heavy (non-hydrogen) atoms. The van der Waals surface area contributed by atoms with E-state index < -0.39 is 28.8 Å². The summed E-state index contributed by atoms with van der Waals surface area (Å²) in [5, 5.41) is 0. The van der Waals surface area contributed by atoms with Gasteiger partial charge in [0.15, 0.2) is 0 Å². The van der Waals surface area contributed by atoms with Gasteiger partial charge in [0.25, 0.3) is 10.0 Å². The van der Waals surface area contributed by atoms with Crippen molar-refractivity contribution in [3.8, 4) is 0 Å². The number of sulfonamides is 1. The third kappa shape index (κ3) is 5.45. The minimum atomic E-state index is -3.47. The quantitative estimate of drug-likeness (QED) is 0.785. The fraction of sp³-hybridized carbons (Fsp3) is 0.500. The van der Waals surface area contributed by atoms with Crippen LogP contribution in [0, 0.1) is 0 Å². The Hall–Kier alpha value is -0.463. The summed E-state index contributed by atoms with van der Waals surface area (Å²) < 4.78 is 28.0. The maximum atomic E-state index is 12.0. The lowest BCUT2D eigenvalue weighted by Crippen LogP contribution is -2.22. The van der Waals surface area contributed by atoms with Crippen LogP contribution in [0.1, 0.15) is 0 Å². The van der Waals surface area contributed by atoms with E-state index in [1.54, 1.807) is 30.3 Å². The van der Waals surface area contributed by atoms with E-state index in [0.717, 1.165) is 11.8 Å². The van der Waals surface area contributed by atoms with Crippen molar-refractivity contribution in [3.05, 3.63) is 30.3 Å². The van der Waals surface area contributed by atoms with Crippen LogP contribution in [0.4, 0.5) is 0 Å². The van der Waals surface area contributed by atoms with Crippen LogP contribution in [0.25, 0.3) is 0 Å². The van der Waals surface area contributed by atoms with Crippen LogP contribution in [-0.4, -0.2) is 28.5 Å². The van der Waals surface area contributed by atoms with Gasteiger partial charge in [-0.3, -0.25) is 0 Å². The predicted octanol–water partition coefficient (Wildman–Crippen LogP) is 3.15. The number of nitrogens with zero attached hydrogens (tertiary/aromatic N) is 1. The van der Waals surface area contributed by atoms with Crippen molar-refractivity contribution in [1.82, 2.24) is 0 Å². The Labute approximate surface area is 114 Å². The second-order valence-corrected chi connectivity index (χ2v) is 14.7. The minimum absolute atomic E-state index is 0.289. The zero-order chi connectivity index (χ0) is 13.8. The van der Waals surface area contributed by atoms with Crippen molar-refractivity contribution >= 4 is 28.8 Å². The van der Waals surface area contributed by atoms with Crippen LogP contribution in [0.5, 0.6) is 0 Å². The topological polar surface area (TPSA) is 46.5 Å². The molecule has 1 unspecified atom stereocenters. The number of hydrogen-bond acceptors (Lipinski definition) is 2. The number of hydrogen-bond donors (Lipinski definition) is 0. The molecule has 0 N–H and O–H groups in total. The van der Waals surface area contributed by atoms with Crippen LogP contribution in [0.15, 0.2) is 39.0 Å².